The Bertz CT molecular complexity index is 397. The molecule has 0 saturated carbocycles. The number of rotatable bonds is 0. The molecule has 0 spiro atoms. The van der Waals surface area contributed by atoms with Gasteiger partial charge in [-0.2, -0.15) is 0 Å². The van der Waals surface area contributed by atoms with Crippen LogP contribution in [0.4, 0.5) is 0 Å². The standard InChI is InChI=1S/C11H7NOSe/c1-2-5-9-8(4-1)13-11-10(14-9)6-3-7-12-11/h1-7H. The molecule has 0 amide bonds. The van der Waals surface area contributed by atoms with E-state index in [0.29, 0.717) is 15.0 Å². The van der Waals surface area contributed by atoms with Crippen LogP contribution in [0, 0.1) is 0 Å². The third kappa shape index (κ3) is 1.22. The van der Waals surface area contributed by atoms with Gasteiger partial charge in [0.2, 0.25) is 0 Å². The number of fused-ring (bicyclic) bond motifs is 2. The summed E-state index contributed by atoms with van der Waals surface area (Å²) < 4.78 is 8.20. The summed E-state index contributed by atoms with van der Waals surface area (Å²) >= 11 is 0.332. The molecule has 0 saturated heterocycles. The van der Waals surface area contributed by atoms with Crippen LogP contribution in [0.5, 0.6) is 11.6 Å². The van der Waals surface area contributed by atoms with Gasteiger partial charge < -0.3 is 0 Å². The molecule has 0 N–H and O–H groups in total. The number of aromatic nitrogens is 1. The SMILES string of the molecule is c1ccc2c(c1)Oc1ncccc1[Se]2. The van der Waals surface area contributed by atoms with Gasteiger partial charge in [0.1, 0.15) is 0 Å². The Morgan fingerprint density at radius 1 is 1.00 bits per heavy atom. The van der Waals surface area contributed by atoms with Crippen LogP contribution < -0.4 is 13.7 Å². The van der Waals surface area contributed by atoms with Crippen molar-refractivity contribution in [3.63, 3.8) is 0 Å². The van der Waals surface area contributed by atoms with E-state index in [1.54, 1.807) is 6.20 Å². The molecule has 0 unspecified atom stereocenters. The first-order valence-corrected chi connectivity index (χ1v) is 6.04. The van der Waals surface area contributed by atoms with Crippen molar-refractivity contribution >= 4 is 23.9 Å². The van der Waals surface area contributed by atoms with E-state index in [4.69, 9.17) is 4.74 Å². The first kappa shape index (κ1) is 8.04. The minimum absolute atomic E-state index is 0.332. The molecule has 2 aromatic rings. The summed E-state index contributed by atoms with van der Waals surface area (Å²) in [6.07, 6.45) is 1.77. The Kier molecular flexibility index (Phi) is 1.79. The molecule has 0 atom stereocenters. The average molecular weight is 248 g/mol. The number of pyridine rings is 1. The van der Waals surface area contributed by atoms with Gasteiger partial charge in [-0.1, -0.05) is 0 Å². The van der Waals surface area contributed by atoms with Crippen LogP contribution >= 0.6 is 0 Å². The van der Waals surface area contributed by atoms with Crippen LogP contribution in [0.15, 0.2) is 42.6 Å². The summed E-state index contributed by atoms with van der Waals surface area (Å²) in [5.41, 5.74) is 0. The van der Waals surface area contributed by atoms with Gasteiger partial charge in [0.15, 0.2) is 0 Å². The molecule has 3 heteroatoms. The van der Waals surface area contributed by atoms with Gasteiger partial charge in [0.25, 0.3) is 0 Å². The first-order chi connectivity index (χ1) is 6.93. The number of nitrogens with zero attached hydrogens (tertiary/aromatic N) is 1. The number of hydrogen-bond donors (Lipinski definition) is 0. The maximum absolute atomic E-state index is 5.68. The molecule has 0 fully saturated rings. The summed E-state index contributed by atoms with van der Waals surface area (Å²) in [4.78, 5) is 4.21. The molecule has 14 heavy (non-hydrogen) atoms. The molecule has 2 nitrogen and oxygen atoms in total. The van der Waals surface area contributed by atoms with Gasteiger partial charge in [-0.05, 0) is 0 Å². The molecule has 2 heterocycles. The quantitative estimate of drug-likeness (QED) is 0.550. The Morgan fingerprint density at radius 2 is 1.86 bits per heavy atom. The molecule has 1 aromatic heterocycles. The van der Waals surface area contributed by atoms with E-state index in [-0.39, 0.29) is 0 Å². The topological polar surface area (TPSA) is 22.1 Å². The van der Waals surface area contributed by atoms with Crippen molar-refractivity contribution in [2.24, 2.45) is 0 Å². The van der Waals surface area contributed by atoms with Gasteiger partial charge in [-0.25, -0.2) is 0 Å². The number of benzene rings is 1. The molecule has 0 bridgehead atoms. The van der Waals surface area contributed by atoms with E-state index in [2.05, 4.69) is 17.1 Å². The first-order valence-electron chi connectivity index (χ1n) is 4.33. The predicted octanol–water partition coefficient (Wildman–Crippen LogP) is 0.842. The monoisotopic (exact) mass is 249 g/mol. The van der Waals surface area contributed by atoms with Crippen molar-refractivity contribution in [2.75, 3.05) is 0 Å². The second kappa shape index (κ2) is 3.12. The number of ether oxygens (including phenoxy) is 1. The fourth-order valence-electron chi connectivity index (χ4n) is 1.37. The molecule has 0 radical (unpaired) electrons. The van der Waals surface area contributed by atoms with Crippen molar-refractivity contribution in [1.29, 1.82) is 0 Å². The average Bonchev–Trinajstić information content (AvgIpc) is 2.26. The zero-order valence-corrected chi connectivity index (χ0v) is 9.02. The van der Waals surface area contributed by atoms with Crippen molar-refractivity contribution < 1.29 is 4.74 Å². The van der Waals surface area contributed by atoms with Crippen LogP contribution in [0.1, 0.15) is 0 Å². The van der Waals surface area contributed by atoms with Crippen molar-refractivity contribution in [3.05, 3.63) is 42.6 Å². The second-order valence-electron chi connectivity index (χ2n) is 2.96. The van der Waals surface area contributed by atoms with Crippen LogP contribution in [0.3, 0.4) is 0 Å². The van der Waals surface area contributed by atoms with Gasteiger partial charge in [0, 0.05) is 0 Å². The summed E-state index contributed by atoms with van der Waals surface area (Å²) in [6.45, 7) is 0. The molecule has 1 aromatic carbocycles. The second-order valence-corrected chi connectivity index (χ2v) is 5.23. The van der Waals surface area contributed by atoms with Gasteiger partial charge in [0.05, 0.1) is 0 Å². The van der Waals surface area contributed by atoms with Crippen molar-refractivity contribution in [2.45, 2.75) is 0 Å². The van der Waals surface area contributed by atoms with E-state index in [0.717, 1.165) is 11.6 Å². The van der Waals surface area contributed by atoms with Crippen LogP contribution in [-0.2, 0) is 0 Å². The Labute approximate surface area is 88.1 Å². The maximum atomic E-state index is 5.68. The van der Waals surface area contributed by atoms with Crippen LogP contribution in [-0.4, -0.2) is 19.9 Å². The van der Waals surface area contributed by atoms with Crippen molar-refractivity contribution in [1.82, 2.24) is 4.98 Å². The van der Waals surface area contributed by atoms with Crippen LogP contribution in [0.2, 0.25) is 0 Å². The Balaban J connectivity index is 2.12. The van der Waals surface area contributed by atoms with Gasteiger partial charge >= 0.3 is 87.8 Å². The zero-order chi connectivity index (χ0) is 9.38. The van der Waals surface area contributed by atoms with E-state index in [9.17, 15) is 0 Å². The minimum atomic E-state index is 0.332. The zero-order valence-electron chi connectivity index (χ0n) is 7.31. The van der Waals surface area contributed by atoms with Crippen molar-refractivity contribution in [3.8, 4) is 11.6 Å². The summed E-state index contributed by atoms with van der Waals surface area (Å²) in [6, 6.07) is 12.2. The molecular formula is C11H7NOSe. The molecular weight excluding hydrogens is 241 g/mol. The molecule has 68 valence electrons. The molecule has 0 aliphatic carbocycles. The number of para-hydroxylation sites is 1. The fraction of sp³-hybridized carbons (Fsp3) is 0. The third-order valence-electron chi connectivity index (χ3n) is 2.01. The third-order valence-corrected chi connectivity index (χ3v) is 4.29. The van der Waals surface area contributed by atoms with E-state index in [1.807, 2.05) is 24.3 Å². The Hall–Kier alpha value is -1.31. The molecule has 3 rings (SSSR count). The molecule has 1 aliphatic heterocycles. The van der Waals surface area contributed by atoms with Gasteiger partial charge in [-0.15, -0.1) is 0 Å². The normalized spacial score (nSPS) is 12.6. The number of hydrogen-bond acceptors (Lipinski definition) is 2. The van der Waals surface area contributed by atoms with E-state index < -0.39 is 0 Å². The summed E-state index contributed by atoms with van der Waals surface area (Å²) in [5.74, 6) is 1.73. The predicted molar refractivity (Wildman–Crippen MR) is 55.8 cm³/mol. The van der Waals surface area contributed by atoms with E-state index >= 15 is 0 Å². The summed E-state index contributed by atoms with van der Waals surface area (Å²) in [7, 11) is 0. The van der Waals surface area contributed by atoms with Crippen LogP contribution in [0.25, 0.3) is 0 Å². The van der Waals surface area contributed by atoms with E-state index in [1.165, 1.54) is 8.92 Å². The molecule has 1 aliphatic rings. The fourth-order valence-corrected chi connectivity index (χ4v) is 3.31. The summed E-state index contributed by atoms with van der Waals surface area (Å²) in [5, 5.41) is 0. The van der Waals surface area contributed by atoms with Gasteiger partial charge in [-0.3, -0.25) is 0 Å². The Morgan fingerprint density at radius 3 is 2.86 bits per heavy atom.